The Morgan fingerprint density at radius 1 is 1.23 bits per heavy atom. The number of hydrogen-bond donors (Lipinski definition) is 2. The number of rotatable bonds is 11. The van der Waals surface area contributed by atoms with Crippen LogP contribution >= 0.6 is 24.0 Å². The van der Waals surface area contributed by atoms with Gasteiger partial charge in [0.1, 0.15) is 12.4 Å². The highest BCUT2D eigenvalue weighted by molar-refractivity contribution is 14.0. The highest BCUT2D eigenvalue weighted by Gasteiger charge is 2.19. The molecule has 6 heteroatoms. The van der Waals surface area contributed by atoms with Crippen molar-refractivity contribution in [3.63, 3.8) is 0 Å². The third-order valence-electron chi connectivity index (χ3n) is 4.36. The van der Waals surface area contributed by atoms with Crippen molar-refractivity contribution in [3.05, 3.63) is 29.3 Å². The lowest BCUT2D eigenvalue weighted by Crippen LogP contribution is -2.37. The van der Waals surface area contributed by atoms with Gasteiger partial charge in [-0.1, -0.05) is 25.0 Å². The average molecular weight is 475 g/mol. The first kappa shape index (κ1) is 23.0. The van der Waals surface area contributed by atoms with E-state index in [1.165, 1.54) is 31.2 Å². The lowest BCUT2D eigenvalue weighted by molar-refractivity contribution is 0.110. The molecule has 0 unspecified atom stereocenters. The quantitative estimate of drug-likeness (QED) is 0.221. The van der Waals surface area contributed by atoms with Crippen molar-refractivity contribution in [3.8, 4) is 5.75 Å². The van der Waals surface area contributed by atoms with Gasteiger partial charge in [-0.25, -0.2) is 0 Å². The molecule has 2 rings (SSSR count). The molecule has 0 spiro atoms. The zero-order valence-electron chi connectivity index (χ0n) is 16.3. The fourth-order valence-corrected chi connectivity index (χ4v) is 2.70. The van der Waals surface area contributed by atoms with Crippen molar-refractivity contribution in [2.75, 3.05) is 33.4 Å². The summed E-state index contributed by atoms with van der Waals surface area (Å²) in [7, 11) is 1.81. The monoisotopic (exact) mass is 475 g/mol. The number of nitrogens with zero attached hydrogens (tertiary/aromatic N) is 1. The summed E-state index contributed by atoms with van der Waals surface area (Å²) in [6.07, 6.45) is 5.39. The molecule has 1 aliphatic carbocycles. The normalized spacial score (nSPS) is 13.9. The zero-order valence-corrected chi connectivity index (χ0v) is 18.7. The third kappa shape index (κ3) is 9.07. The van der Waals surface area contributed by atoms with E-state index in [2.05, 4.69) is 40.7 Å². The summed E-state index contributed by atoms with van der Waals surface area (Å²) in [5.74, 6) is 2.74. The van der Waals surface area contributed by atoms with Crippen LogP contribution in [0.15, 0.2) is 23.2 Å². The number of aryl methyl sites for hydroxylation is 1. The van der Waals surface area contributed by atoms with Crippen LogP contribution in [-0.2, 0) is 11.3 Å². The average Bonchev–Trinajstić information content (AvgIpc) is 3.44. The second-order valence-corrected chi connectivity index (χ2v) is 6.59. The van der Waals surface area contributed by atoms with E-state index in [4.69, 9.17) is 9.47 Å². The van der Waals surface area contributed by atoms with Crippen molar-refractivity contribution in [2.45, 2.75) is 46.1 Å². The molecule has 0 aliphatic heterocycles. The van der Waals surface area contributed by atoms with Gasteiger partial charge in [0.2, 0.25) is 0 Å². The fraction of sp³-hybridized carbons (Fsp3) is 0.650. The molecule has 2 N–H and O–H groups in total. The first-order chi connectivity index (χ1) is 12.2. The van der Waals surface area contributed by atoms with Crippen LogP contribution in [0.3, 0.4) is 0 Å². The molecule has 1 aromatic rings. The number of guanidine groups is 1. The molecule has 0 saturated heterocycles. The number of aliphatic imine (C=N–C) groups is 1. The van der Waals surface area contributed by atoms with E-state index in [1.807, 2.05) is 14.0 Å². The molecular weight excluding hydrogens is 441 g/mol. The summed E-state index contributed by atoms with van der Waals surface area (Å²) in [5.41, 5.74) is 2.32. The zero-order chi connectivity index (χ0) is 17.9. The smallest absolute Gasteiger partial charge is 0.191 e. The standard InChI is InChI=1S/C20H33N3O2.HI/c1-4-24-12-13-25-19-14-16(2)7-10-18(19)15-23-20(21-3)22-11-5-6-17-8-9-17;/h7,10,14,17H,4-6,8-9,11-13,15H2,1-3H3,(H2,21,22,23);1H. The van der Waals surface area contributed by atoms with Crippen molar-refractivity contribution in [1.29, 1.82) is 0 Å². The molecule has 0 heterocycles. The molecule has 1 aromatic carbocycles. The van der Waals surface area contributed by atoms with Crippen molar-refractivity contribution >= 4 is 29.9 Å². The molecule has 0 aromatic heterocycles. The van der Waals surface area contributed by atoms with Crippen LogP contribution < -0.4 is 15.4 Å². The molecule has 0 atom stereocenters. The van der Waals surface area contributed by atoms with E-state index < -0.39 is 0 Å². The molecule has 1 saturated carbocycles. The van der Waals surface area contributed by atoms with Crippen LogP contribution in [0.4, 0.5) is 0 Å². The molecule has 0 amide bonds. The molecule has 1 fully saturated rings. The van der Waals surface area contributed by atoms with Crippen LogP contribution in [0.25, 0.3) is 0 Å². The van der Waals surface area contributed by atoms with Crippen LogP contribution in [0.1, 0.15) is 43.7 Å². The predicted octanol–water partition coefficient (Wildman–Crippen LogP) is 3.88. The van der Waals surface area contributed by atoms with Crippen LogP contribution in [0, 0.1) is 12.8 Å². The molecule has 26 heavy (non-hydrogen) atoms. The Hall–Kier alpha value is -1.02. The fourth-order valence-electron chi connectivity index (χ4n) is 2.70. The van der Waals surface area contributed by atoms with E-state index >= 15 is 0 Å². The molecule has 5 nitrogen and oxygen atoms in total. The lowest BCUT2D eigenvalue weighted by Gasteiger charge is -2.15. The first-order valence-electron chi connectivity index (χ1n) is 9.47. The molecule has 1 aliphatic rings. The SMILES string of the molecule is CCOCCOc1cc(C)ccc1CNC(=NC)NCCCC1CC1.I. The number of benzene rings is 1. The number of nitrogens with one attached hydrogen (secondary N) is 2. The van der Waals surface area contributed by atoms with Gasteiger partial charge in [0.05, 0.1) is 6.61 Å². The van der Waals surface area contributed by atoms with E-state index in [9.17, 15) is 0 Å². The summed E-state index contributed by atoms with van der Waals surface area (Å²) in [4.78, 5) is 4.30. The highest BCUT2D eigenvalue weighted by Crippen LogP contribution is 2.33. The van der Waals surface area contributed by atoms with Crippen LogP contribution in [0.5, 0.6) is 5.75 Å². The van der Waals surface area contributed by atoms with Crippen molar-refractivity contribution in [2.24, 2.45) is 10.9 Å². The molecule has 148 valence electrons. The van der Waals surface area contributed by atoms with Gasteiger partial charge in [-0.15, -0.1) is 24.0 Å². The Morgan fingerprint density at radius 3 is 2.73 bits per heavy atom. The summed E-state index contributed by atoms with van der Waals surface area (Å²) in [6.45, 7) is 7.63. The summed E-state index contributed by atoms with van der Waals surface area (Å²) in [5, 5.41) is 6.77. The first-order valence-corrected chi connectivity index (χ1v) is 9.47. The Morgan fingerprint density at radius 2 is 2.04 bits per heavy atom. The third-order valence-corrected chi connectivity index (χ3v) is 4.36. The maximum Gasteiger partial charge on any atom is 0.191 e. The van der Waals surface area contributed by atoms with Crippen LogP contribution in [0.2, 0.25) is 0 Å². The Balaban J connectivity index is 0.00000338. The molecular formula is C20H34IN3O2. The number of ether oxygens (including phenoxy) is 2. The van der Waals surface area contributed by atoms with Crippen molar-refractivity contribution in [1.82, 2.24) is 10.6 Å². The molecule has 0 radical (unpaired) electrons. The lowest BCUT2D eigenvalue weighted by atomic mass is 10.1. The minimum Gasteiger partial charge on any atom is -0.491 e. The second-order valence-electron chi connectivity index (χ2n) is 6.59. The van der Waals surface area contributed by atoms with Gasteiger partial charge in [-0.2, -0.15) is 0 Å². The second kappa shape index (κ2) is 13.2. The van der Waals surface area contributed by atoms with Crippen molar-refractivity contribution < 1.29 is 9.47 Å². The predicted molar refractivity (Wildman–Crippen MR) is 119 cm³/mol. The van der Waals surface area contributed by atoms with Gasteiger partial charge in [0.15, 0.2) is 5.96 Å². The minimum absolute atomic E-state index is 0. The molecule has 0 bridgehead atoms. The van der Waals surface area contributed by atoms with Gasteiger partial charge < -0.3 is 20.1 Å². The van der Waals surface area contributed by atoms with Crippen LogP contribution in [-0.4, -0.2) is 39.4 Å². The van der Waals surface area contributed by atoms with E-state index in [1.54, 1.807) is 0 Å². The van der Waals surface area contributed by atoms with Gasteiger partial charge >= 0.3 is 0 Å². The number of halogens is 1. The minimum atomic E-state index is 0. The summed E-state index contributed by atoms with van der Waals surface area (Å²) < 4.78 is 11.2. The number of hydrogen-bond acceptors (Lipinski definition) is 3. The summed E-state index contributed by atoms with van der Waals surface area (Å²) >= 11 is 0. The van der Waals surface area contributed by atoms with E-state index in [0.29, 0.717) is 26.4 Å². The Bertz CT molecular complexity index is 548. The Labute approximate surface area is 175 Å². The largest absolute Gasteiger partial charge is 0.491 e. The van der Waals surface area contributed by atoms with Gasteiger partial charge in [0, 0.05) is 32.3 Å². The van der Waals surface area contributed by atoms with Gasteiger partial charge in [0.25, 0.3) is 0 Å². The highest BCUT2D eigenvalue weighted by atomic mass is 127. The van der Waals surface area contributed by atoms with E-state index in [-0.39, 0.29) is 24.0 Å². The maximum absolute atomic E-state index is 5.89. The van der Waals surface area contributed by atoms with Gasteiger partial charge in [-0.3, -0.25) is 4.99 Å². The maximum atomic E-state index is 5.89. The van der Waals surface area contributed by atoms with Gasteiger partial charge in [-0.05, 0) is 44.2 Å². The topological polar surface area (TPSA) is 54.9 Å². The summed E-state index contributed by atoms with van der Waals surface area (Å²) in [6, 6.07) is 6.30. The Kier molecular flexibility index (Phi) is 11.7. The van der Waals surface area contributed by atoms with E-state index in [0.717, 1.165) is 29.7 Å².